The van der Waals surface area contributed by atoms with Crippen molar-refractivity contribution in [3.63, 3.8) is 0 Å². The lowest BCUT2D eigenvalue weighted by molar-refractivity contribution is -0.131. The molecule has 194 valence electrons. The van der Waals surface area contributed by atoms with Crippen LogP contribution in [0, 0.1) is 5.41 Å². The van der Waals surface area contributed by atoms with E-state index >= 15 is 0 Å². The van der Waals surface area contributed by atoms with Gasteiger partial charge in [0.1, 0.15) is 18.5 Å². The zero-order chi connectivity index (χ0) is 25.8. The summed E-state index contributed by atoms with van der Waals surface area (Å²) in [6.45, 7) is 3.78. The van der Waals surface area contributed by atoms with Crippen LogP contribution >= 0.6 is 22.5 Å². The van der Waals surface area contributed by atoms with Crippen LogP contribution in [0.1, 0.15) is 35.8 Å². The summed E-state index contributed by atoms with van der Waals surface area (Å²) in [5, 5.41) is 43.2. The Kier molecular flexibility index (Phi) is 9.48. The number of rotatable bonds is 9. The summed E-state index contributed by atoms with van der Waals surface area (Å²) in [6, 6.07) is 13.3. The van der Waals surface area contributed by atoms with Crippen LogP contribution in [-0.2, 0) is 11.2 Å². The second-order valence-corrected chi connectivity index (χ2v) is 12.6. The third-order valence-electron chi connectivity index (χ3n) is 6.41. The number of hydrogen-bond donors (Lipinski definition) is 6. The Balaban J connectivity index is 1.60. The van der Waals surface area contributed by atoms with Gasteiger partial charge in [-0.1, -0.05) is 35.9 Å². The van der Waals surface area contributed by atoms with Crippen molar-refractivity contribution in [1.29, 1.82) is 0 Å². The van der Waals surface area contributed by atoms with Crippen LogP contribution in [0.5, 0.6) is 5.75 Å². The molecule has 9 heteroatoms. The first-order valence-corrected chi connectivity index (χ1v) is 14.1. The normalized spacial score (nSPS) is 25.8. The van der Waals surface area contributed by atoms with Gasteiger partial charge in [-0.3, -0.25) is 4.79 Å². The molecule has 5 N–H and O–H groups in total. The van der Waals surface area contributed by atoms with Gasteiger partial charge in [-0.25, -0.2) is 10.9 Å². The Morgan fingerprint density at radius 2 is 1.83 bits per heavy atom. The van der Waals surface area contributed by atoms with Crippen LogP contribution in [-0.4, -0.2) is 76.4 Å². The first-order chi connectivity index (χ1) is 16.5. The summed E-state index contributed by atoms with van der Waals surface area (Å²) < 4.78 is 5.70. The molecule has 0 bridgehead atoms. The second kappa shape index (κ2) is 12.0. The zero-order valence-electron chi connectivity index (χ0n) is 20.3. The van der Waals surface area contributed by atoms with Gasteiger partial charge in [0.05, 0.1) is 30.8 Å². The van der Waals surface area contributed by atoms with E-state index in [1.165, 1.54) is 0 Å². The summed E-state index contributed by atoms with van der Waals surface area (Å²) in [5.74, 6) is 0.944. The predicted molar refractivity (Wildman–Crippen MR) is 141 cm³/mol. The molecule has 7 nitrogen and oxygen atoms in total. The monoisotopic (exact) mass is 525 g/mol. The van der Waals surface area contributed by atoms with E-state index in [2.05, 4.69) is 5.32 Å². The van der Waals surface area contributed by atoms with E-state index in [-0.39, 0.29) is 17.8 Å². The van der Waals surface area contributed by atoms with Crippen LogP contribution in [0.3, 0.4) is 0 Å². The number of benzene rings is 2. The van der Waals surface area contributed by atoms with E-state index in [4.69, 9.17) is 16.3 Å². The van der Waals surface area contributed by atoms with Crippen molar-refractivity contribution < 1.29 is 30.0 Å². The SMILES string of the molecule is C[SH]1C[C@@H](O)[C@@H](O)[C@@H](O)[C@@H]1c1ccc(Cl)c(Cc2ccc(OCCNC(=O)C(C)(C)CO)cc2)c1. The lowest BCUT2D eigenvalue weighted by atomic mass is 9.94. The number of halogens is 1. The fraction of sp³-hybridized carbons (Fsp3) is 0.500. The fourth-order valence-corrected chi connectivity index (χ4v) is 6.71. The van der Waals surface area contributed by atoms with Crippen LogP contribution in [0.25, 0.3) is 0 Å². The number of carbonyl (C=O) groups excluding carboxylic acids is 1. The summed E-state index contributed by atoms with van der Waals surface area (Å²) in [5.41, 5.74) is 2.05. The smallest absolute Gasteiger partial charge is 0.228 e. The molecule has 1 aliphatic rings. The quantitative estimate of drug-likeness (QED) is 0.221. The summed E-state index contributed by atoms with van der Waals surface area (Å²) in [7, 11) is -0.700. The third-order valence-corrected chi connectivity index (χ3v) is 9.29. The Labute approximate surface area is 214 Å². The van der Waals surface area contributed by atoms with Gasteiger partial charge in [-0.15, -0.1) is 0 Å². The van der Waals surface area contributed by atoms with Gasteiger partial charge in [0.25, 0.3) is 0 Å². The van der Waals surface area contributed by atoms with Gasteiger partial charge >= 0.3 is 0 Å². The average molecular weight is 526 g/mol. The molecule has 5 atom stereocenters. The highest BCUT2D eigenvalue weighted by Crippen LogP contribution is 2.48. The van der Waals surface area contributed by atoms with Crippen LogP contribution in [0.4, 0.5) is 0 Å². The lowest BCUT2D eigenvalue weighted by Gasteiger charge is -2.42. The van der Waals surface area contributed by atoms with Gasteiger partial charge in [0, 0.05) is 16.0 Å². The van der Waals surface area contributed by atoms with E-state index in [0.29, 0.717) is 36.1 Å². The Hall–Kier alpha value is -1.81. The van der Waals surface area contributed by atoms with Crippen molar-refractivity contribution in [2.45, 2.75) is 43.8 Å². The first kappa shape index (κ1) is 27.8. The molecule has 2 aromatic carbocycles. The number of nitrogens with one attached hydrogen (secondary N) is 1. The van der Waals surface area contributed by atoms with E-state index in [1.54, 1.807) is 13.8 Å². The summed E-state index contributed by atoms with van der Waals surface area (Å²) in [4.78, 5) is 12.0. The molecule has 0 aliphatic carbocycles. The maximum atomic E-state index is 12.0. The van der Waals surface area contributed by atoms with E-state index in [9.17, 15) is 25.2 Å². The van der Waals surface area contributed by atoms with Crippen molar-refractivity contribution in [1.82, 2.24) is 5.32 Å². The largest absolute Gasteiger partial charge is 0.492 e. The first-order valence-electron chi connectivity index (χ1n) is 11.7. The van der Waals surface area contributed by atoms with E-state index in [0.717, 1.165) is 16.7 Å². The third kappa shape index (κ3) is 6.90. The lowest BCUT2D eigenvalue weighted by Crippen LogP contribution is -2.47. The molecule has 1 amide bonds. The topological polar surface area (TPSA) is 119 Å². The molecule has 2 aromatic rings. The molecule has 0 spiro atoms. The number of ether oxygens (including phenoxy) is 1. The molecular formula is C26H36ClNO6S. The minimum Gasteiger partial charge on any atom is -0.492 e. The number of amides is 1. The Morgan fingerprint density at radius 1 is 1.14 bits per heavy atom. The maximum Gasteiger partial charge on any atom is 0.228 e. The summed E-state index contributed by atoms with van der Waals surface area (Å²) in [6.07, 6.45) is -0.438. The van der Waals surface area contributed by atoms with Gasteiger partial charge in [0.2, 0.25) is 5.91 Å². The molecule has 0 saturated carbocycles. The minimum absolute atomic E-state index is 0.222. The van der Waals surface area contributed by atoms with Gasteiger partial charge in [-0.05, 0) is 61.4 Å². The molecule has 0 radical (unpaired) electrons. The van der Waals surface area contributed by atoms with Crippen LogP contribution in [0.15, 0.2) is 42.5 Å². The molecule has 1 saturated heterocycles. The second-order valence-electron chi connectivity index (χ2n) is 9.75. The fourth-order valence-electron chi connectivity index (χ4n) is 4.13. The number of carbonyl (C=O) groups is 1. The molecule has 1 heterocycles. The molecule has 35 heavy (non-hydrogen) atoms. The number of aliphatic hydroxyl groups excluding tert-OH is 4. The minimum atomic E-state index is -1.15. The zero-order valence-corrected chi connectivity index (χ0v) is 22.0. The van der Waals surface area contributed by atoms with Crippen molar-refractivity contribution in [2.24, 2.45) is 5.41 Å². The standard InChI is InChI=1S/C26H36ClNO6S/c1-26(2,15-29)25(33)28-10-11-34-19-7-4-16(5-8-19)12-18-13-17(6-9-20(18)27)24-23(32)22(31)21(30)14-35(24)3/h4-9,13,21-24,29-32,35H,10-12,14-15H2,1-3H3,(H,28,33)/t21-,22-,23-,24+/m1/s1. The van der Waals surface area contributed by atoms with Gasteiger partial charge in [-0.2, -0.15) is 0 Å². The van der Waals surface area contributed by atoms with Crippen molar-refractivity contribution in [2.75, 3.05) is 31.8 Å². The van der Waals surface area contributed by atoms with Crippen molar-refractivity contribution in [3.8, 4) is 5.75 Å². The van der Waals surface area contributed by atoms with Crippen molar-refractivity contribution in [3.05, 3.63) is 64.2 Å². The average Bonchev–Trinajstić information content (AvgIpc) is 2.83. The van der Waals surface area contributed by atoms with Gasteiger partial charge < -0.3 is 30.5 Å². The van der Waals surface area contributed by atoms with Gasteiger partial charge in [0.15, 0.2) is 0 Å². The molecule has 1 fully saturated rings. The number of hydrogen-bond acceptors (Lipinski definition) is 6. The molecule has 3 rings (SSSR count). The van der Waals surface area contributed by atoms with Crippen molar-refractivity contribution >= 4 is 28.4 Å². The maximum absolute atomic E-state index is 12.0. The highest BCUT2D eigenvalue weighted by molar-refractivity contribution is 8.16. The van der Waals surface area contributed by atoms with E-state index in [1.807, 2.05) is 48.7 Å². The molecular weight excluding hydrogens is 490 g/mol. The highest BCUT2D eigenvalue weighted by Gasteiger charge is 2.40. The van der Waals surface area contributed by atoms with E-state index < -0.39 is 34.6 Å². The molecule has 0 aromatic heterocycles. The highest BCUT2D eigenvalue weighted by atomic mass is 35.5. The summed E-state index contributed by atoms with van der Waals surface area (Å²) >= 11 is 6.47. The Morgan fingerprint density at radius 3 is 2.49 bits per heavy atom. The number of aliphatic hydroxyl groups is 4. The molecule has 1 unspecified atom stereocenters. The predicted octanol–water partition coefficient (Wildman–Crippen LogP) is 2.21. The Bertz CT molecular complexity index is 1000. The molecule has 1 aliphatic heterocycles. The van der Waals surface area contributed by atoms with Crippen LogP contribution in [0.2, 0.25) is 5.02 Å². The van der Waals surface area contributed by atoms with Crippen LogP contribution < -0.4 is 10.1 Å². The number of thiol groups is 1.